The molecule has 1 N–H and O–H groups in total. The van der Waals surface area contributed by atoms with E-state index < -0.39 is 5.97 Å². The van der Waals surface area contributed by atoms with Gasteiger partial charge in [0.15, 0.2) is 0 Å². The summed E-state index contributed by atoms with van der Waals surface area (Å²) in [7, 11) is 0. The Balaban J connectivity index is 2.20. The molecule has 2 nitrogen and oxygen atoms in total. The fourth-order valence-corrected chi connectivity index (χ4v) is 2.74. The van der Waals surface area contributed by atoms with E-state index in [1.54, 1.807) is 0 Å². The van der Waals surface area contributed by atoms with E-state index in [2.05, 4.69) is 0 Å². The third kappa shape index (κ3) is 2.43. The summed E-state index contributed by atoms with van der Waals surface area (Å²) in [6.07, 6.45) is 5.75. The molecule has 1 aliphatic rings. The molecule has 0 heterocycles. The monoisotopic (exact) mass is 218 g/mol. The number of hydrogen-bond donors (Lipinski definition) is 1. The summed E-state index contributed by atoms with van der Waals surface area (Å²) in [5.41, 5.74) is 0.960. The summed E-state index contributed by atoms with van der Waals surface area (Å²) in [6.45, 7) is 0. The van der Waals surface area contributed by atoms with Crippen LogP contribution in [-0.4, -0.2) is 11.1 Å². The molecule has 1 unspecified atom stereocenters. The number of carboxylic acids is 1. The molecule has 0 saturated heterocycles. The van der Waals surface area contributed by atoms with Crippen molar-refractivity contribution in [3.05, 3.63) is 35.9 Å². The molecule has 0 aromatic heterocycles. The highest BCUT2D eigenvalue weighted by molar-refractivity contribution is 5.76. The largest absolute Gasteiger partial charge is 0.481 e. The average molecular weight is 218 g/mol. The summed E-state index contributed by atoms with van der Waals surface area (Å²) in [4.78, 5) is 11.4. The van der Waals surface area contributed by atoms with Crippen LogP contribution in [-0.2, 0) is 4.79 Å². The first kappa shape index (κ1) is 11.2. The molecule has 0 amide bonds. The summed E-state index contributed by atoms with van der Waals surface area (Å²) in [5, 5.41) is 9.38. The maximum atomic E-state index is 11.4. The Morgan fingerprint density at radius 1 is 1.12 bits per heavy atom. The minimum Gasteiger partial charge on any atom is -0.481 e. The van der Waals surface area contributed by atoms with Gasteiger partial charge in [-0.3, -0.25) is 4.79 Å². The maximum absolute atomic E-state index is 11.4. The Kier molecular flexibility index (Phi) is 3.60. The molecule has 0 radical (unpaired) electrons. The van der Waals surface area contributed by atoms with Gasteiger partial charge < -0.3 is 5.11 Å². The van der Waals surface area contributed by atoms with Gasteiger partial charge in [0.05, 0.1) is 5.92 Å². The topological polar surface area (TPSA) is 37.3 Å². The highest BCUT2D eigenvalue weighted by Crippen LogP contribution is 2.36. The summed E-state index contributed by atoms with van der Waals surface area (Å²) in [5.74, 6) is -0.645. The Bertz CT molecular complexity index is 339. The van der Waals surface area contributed by atoms with Gasteiger partial charge in [0.1, 0.15) is 0 Å². The van der Waals surface area contributed by atoms with Crippen molar-refractivity contribution in [1.82, 2.24) is 0 Å². The molecule has 1 aromatic rings. The van der Waals surface area contributed by atoms with E-state index in [0.717, 1.165) is 18.4 Å². The smallest absolute Gasteiger partial charge is 0.311 e. The van der Waals surface area contributed by atoms with Crippen molar-refractivity contribution in [3.63, 3.8) is 0 Å². The second-order valence-electron chi connectivity index (χ2n) is 4.62. The summed E-state index contributed by atoms with van der Waals surface area (Å²) >= 11 is 0. The van der Waals surface area contributed by atoms with Crippen molar-refractivity contribution >= 4 is 5.97 Å². The molecule has 0 bridgehead atoms. The number of aliphatic carboxylic acids is 1. The highest BCUT2D eigenvalue weighted by Gasteiger charge is 2.30. The second-order valence-corrected chi connectivity index (χ2v) is 4.62. The SMILES string of the molecule is O=C(O)C(c1ccccc1)C1CCCCC1. The zero-order chi connectivity index (χ0) is 11.4. The molecule has 1 aliphatic carbocycles. The first-order valence-corrected chi connectivity index (χ1v) is 6.07. The Labute approximate surface area is 96.3 Å². The number of hydrogen-bond acceptors (Lipinski definition) is 1. The van der Waals surface area contributed by atoms with Gasteiger partial charge in [0, 0.05) is 0 Å². The fraction of sp³-hybridized carbons (Fsp3) is 0.500. The van der Waals surface area contributed by atoms with Crippen molar-refractivity contribution in [1.29, 1.82) is 0 Å². The molecule has 1 saturated carbocycles. The van der Waals surface area contributed by atoms with Crippen LogP contribution >= 0.6 is 0 Å². The van der Waals surface area contributed by atoms with Gasteiger partial charge in [-0.1, -0.05) is 49.6 Å². The summed E-state index contributed by atoms with van der Waals surface area (Å²) in [6, 6.07) is 9.66. The lowest BCUT2D eigenvalue weighted by Crippen LogP contribution is -2.23. The number of carboxylic acid groups (broad SMARTS) is 1. The third-order valence-electron chi connectivity index (χ3n) is 3.55. The fourth-order valence-electron chi connectivity index (χ4n) is 2.74. The van der Waals surface area contributed by atoms with E-state index in [4.69, 9.17) is 0 Å². The lowest BCUT2D eigenvalue weighted by molar-refractivity contribution is -0.140. The zero-order valence-electron chi connectivity index (χ0n) is 9.43. The highest BCUT2D eigenvalue weighted by atomic mass is 16.4. The molecule has 0 spiro atoms. The molecule has 2 rings (SSSR count). The number of rotatable bonds is 3. The first-order valence-electron chi connectivity index (χ1n) is 6.07. The van der Waals surface area contributed by atoms with Crippen LogP contribution in [0.2, 0.25) is 0 Å². The van der Waals surface area contributed by atoms with Crippen LogP contribution in [0.3, 0.4) is 0 Å². The van der Waals surface area contributed by atoms with Gasteiger partial charge in [0.2, 0.25) is 0 Å². The van der Waals surface area contributed by atoms with Crippen molar-refractivity contribution in [2.24, 2.45) is 5.92 Å². The van der Waals surface area contributed by atoms with Crippen LogP contribution in [0, 0.1) is 5.92 Å². The second kappa shape index (κ2) is 5.15. The minimum absolute atomic E-state index is 0.304. The first-order chi connectivity index (χ1) is 7.79. The van der Waals surface area contributed by atoms with Gasteiger partial charge in [-0.25, -0.2) is 0 Å². The normalized spacial score (nSPS) is 19.2. The minimum atomic E-state index is -0.668. The molecular formula is C14H18O2. The standard InChI is InChI=1S/C14H18O2/c15-14(16)13(11-7-3-1-4-8-11)12-9-5-2-6-10-12/h1,3-4,7-8,12-13H,2,5-6,9-10H2,(H,15,16). The van der Waals surface area contributed by atoms with Crippen LogP contribution in [0.25, 0.3) is 0 Å². The average Bonchev–Trinajstić information content (AvgIpc) is 2.31. The van der Waals surface area contributed by atoms with E-state index >= 15 is 0 Å². The molecule has 1 atom stereocenters. The lowest BCUT2D eigenvalue weighted by atomic mass is 9.77. The van der Waals surface area contributed by atoms with Crippen molar-refractivity contribution in [3.8, 4) is 0 Å². The lowest BCUT2D eigenvalue weighted by Gasteiger charge is -2.27. The predicted molar refractivity (Wildman–Crippen MR) is 63.4 cm³/mol. The molecule has 1 fully saturated rings. The van der Waals surface area contributed by atoms with E-state index in [1.165, 1.54) is 19.3 Å². The van der Waals surface area contributed by atoms with Crippen molar-refractivity contribution in [2.75, 3.05) is 0 Å². The Morgan fingerprint density at radius 3 is 2.31 bits per heavy atom. The van der Waals surface area contributed by atoms with Gasteiger partial charge in [-0.05, 0) is 24.3 Å². The maximum Gasteiger partial charge on any atom is 0.311 e. The van der Waals surface area contributed by atoms with Crippen LogP contribution in [0.4, 0.5) is 0 Å². The molecular weight excluding hydrogens is 200 g/mol. The quantitative estimate of drug-likeness (QED) is 0.843. The van der Waals surface area contributed by atoms with E-state index in [9.17, 15) is 9.90 Å². The van der Waals surface area contributed by atoms with Crippen LogP contribution in [0.15, 0.2) is 30.3 Å². The molecule has 86 valence electrons. The zero-order valence-corrected chi connectivity index (χ0v) is 9.43. The van der Waals surface area contributed by atoms with Crippen LogP contribution < -0.4 is 0 Å². The van der Waals surface area contributed by atoms with E-state index in [-0.39, 0.29) is 5.92 Å². The predicted octanol–water partition coefficient (Wildman–Crippen LogP) is 3.44. The van der Waals surface area contributed by atoms with Crippen LogP contribution in [0.1, 0.15) is 43.6 Å². The van der Waals surface area contributed by atoms with E-state index in [1.807, 2.05) is 30.3 Å². The molecule has 16 heavy (non-hydrogen) atoms. The molecule has 0 aliphatic heterocycles. The van der Waals surface area contributed by atoms with Crippen molar-refractivity contribution < 1.29 is 9.90 Å². The summed E-state index contributed by atoms with van der Waals surface area (Å²) < 4.78 is 0. The number of benzene rings is 1. The Morgan fingerprint density at radius 2 is 1.75 bits per heavy atom. The molecule has 2 heteroatoms. The number of carbonyl (C=O) groups is 1. The van der Waals surface area contributed by atoms with Crippen molar-refractivity contribution in [2.45, 2.75) is 38.0 Å². The molecule has 1 aromatic carbocycles. The van der Waals surface area contributed by atoms with Gasteiger partial charge >= 0.3 is 5.97 Å². The Hall–Kier alpha value is -1.31. The van der Waals surface area contributed by atoms with E-state index in [0.29, 0.717) is 5.92 Å². The van der Waals surface area contributed by atoms with Gasteiger partial charge in [-0.2, -0.15) is 0 Å². The van der Waals surface area contributed by atoms with Crippen LogP contribution in [0.5, 0.6) is 0 Å². The van der Waals surface area contributed by atoms with Gasteiger partial charge in [-0.15, -0.1) is 0 Å². The third-order valence-corrected chi connectivity index (χ3v) is 3.55. The van der Waals surface area contributed by atoms with Gasteiger partial charge in [0.25, 0.3) is 0 Å².